The molecule has 25 heavy (non-hydrogen) atoms. The molecule has 1 aromatic carbocycles. The van der Waals surface area contributed by atoms with E-state index in [4.69, 9.17) is 4.74 Å². The summed E-state index contributed by atoms with van der Waals surface area (Å²) >= 11 is 0. The largest absolute Gasteiger partial charge is 0.497 e. The number of methoxy groups -OCH3 is 1. The zero-order chi connectivity index (χ0) is 17.8. The van der Waals surface area contributed by atoms with Crippen LogP contribution in [0.15, 0.2) is 53.8 Å². The van der Waals surface area contributed by atoms with E-state index in [0.29, 0.717) is 17.1 Å². The standard InChI is InChI=1S/C17H14N4O4/c1-25-13-6-2-5-12(8-13)21-16(23)14(15(22)20-17(21)24)10-19-11-4-3-7-18-9-11/h2-10,14H,1H3,(H,20,22,24)/t14-/m1/s1. The van der Waals surface area contributed by atoms with Gasteiger partial charge in [0.15, 0.2) is 5.92 Å². The third-order valence-electron chi connectivity index (χ3n) is 3.53. The van der Waals surface area contributed by atoms with E-state index in [0.717, 1.165) is 4.90 Å². The van der Waals surface area contributed by atoms with Crippen LogP contribution in [-0.2, 0) is 9.59 Å². The van der Waals surface area contributed by atoms with E-state index in [9.17, 15) is 14.4 Å². The fourth-order valence-corrected chi connectivity index (χ4v) is 2.31. The minimum absolute atomic E-state index is 0.300. The van der Waals surface area contributed by atoms with Gasteiger partial charge in [-0.1, -0.05) is 6.07 Å². The number of aliphatic imine (C=N–C) groups is 1. The van der Waals surface area contributed by atoms with E-state index in [1.165, 1.54) is 25.6 Å². The third-order valence-corrected chi connectivity index (χ3v) is 3.53. The van der Waals surface area contributed by atoms with Gasteiger partial charge in [-0.3, -0.25) is 24.9 Å². The van der Waals surface area contributed by atoms with Crippen molar-refractivity contribution in [3.63, 3.8) is 0 Å². The van der Waals surface area contributed by atoms with Gasteiger partial charge in [-0.25, -0.2) is 9.69 Å². The lowest BCUT2D eigenvalue weighted by atomic mass is 10.1. The lowest BCUT2D eigenvalue weighted by Crippen LogP contribution is -2.58. The van der Waals surface area contributed by atoms with Crippen molar-refractivity contribution in [2.24, 2.45) is 10.9 Å². The van der Waals surface area contributed by atoms with Gasteiger partial charge >= 0.3 is 6.03 Å². The van der Waals surface area contributed by atoms with Gasteiger partial charge in [-0.05, 0) is 24.3 Å². The van der Waals surface area contributed by atoms with Crippen molar-refractivity contribution in [2.75, 3.05) is 12.0 Å². The van der Waals surface area contributed by atoms with E-state index in [1.807, 2.05) is 0 Å². The van der Waals surface area contributed by atoms with E-state index < -0.39 is 23.8 Å². The van der Waals surface area contributed by atoms with Crippen molar-refractivity contribution in [2.45, 2.75) is 0 Å². The van der Waals surface area contributed by atoms with Gasteiger partial charge in [0.05, 0.1) is 24.7 Å². The predicted molar refractivity (Wildman–Crippen MR) is 89.9 cm³/mol. The first-order valence-electron chi connectivity index (χ1n) is 7.37. The smallest absolute Gasteiger partial charge is 0.335 e. The van der Waals surface area contributed by atoms with E-state index in [1.54, 1.807) is 36.5 Å². The number of ether oxygens (including phenoxy) is 1. The molecule has 2 heterocycles. The first-order chi connectivity index (χ1) is 12.1. The van der Waals surface area contributed by atoms with Crippen molar-refractivity contribution in [1.82, 2.24) is 10.3 Å². The molecule has 1 aromatic heterocycles. The fourth-order valence-electron chi connectivity index (χ4n) is 2.31. The maximum atomic E-state index is 12.7. The Hall–Kier alpha value is -3.55. The summed E-state index contributed by atoms with van der Waals surface area (Å²) in [5.41, 5.74) is 0.794. The molecule has 126 valence electrons. The average Bonchev–Trinajstić information content (AvgIpc) is 2.62. The molecule has 0 unspecified atom stereocenters. The highest BCUT2D eigenvalue weighted by Crippen LogP contribution is 2.24. The van der Waals surface area contributed by atoms with Crippen LogP contribution < -0.4 is 15.0 Å². The quantitative estimate of drug-likeness (QED) is 0.675. The van der Waals surface area contributed by atoms with Crippen LogP contribution in [0.1, 0.15) is 0 Å². The van der Waals surface area contributed by atoms with Gasteiger partial charge in [-0.15, -0.1) is 0 Å². The molecule has 8 heteroatoms. The Labute approximate surface area is 143 Å². The van der Waals surface area contributed by atoms with Crippen molar-refractivity contribution >= 4 is 35.4 Å². The Bertz CT molecular complexity index is 851. The second-order valence-electron chi connectivity index (χ2n) is 5.14. The fraction of sp³-hybridized carbons (Fsp3) is 0.118. The molecule has 0 bridgehead atoms. The molecular weight excluding hydrogens is 324 g/mol. The van der Waals surface area contributed by atoms with Crippen LogP contribution in [0.4, 0.5) is 16.2 Å². The van der Waals surface area contributed by atoms with Crippen LogP contribution in [0.2, 0.25) is 0 Å². The highest BCUT2D eigenvalue weighted by molar-refractivity contribution is 6.32. The summed E-state index contributed by atoms with van der Waals surface area (Å²) in [6.45, 7) is 0. The van der Waals surface area contributed by atoms with Gasteiger partial charge in [0.2, 0.25) is 5.91 Å². The summed E-state index contributed by atoms with van der Waals surface area (Å²) in [5.74, 6) is -2.14. The van der Waals surface area contributed by atoms with E-state index in [2.05, 4.69) is 15.3 Å². The number of benzene rings is 1. The second kappa shape index (κ2) is 6.91. The van der Waals surface area contributed by atoms with Crippen molar-refractivity contribution in [3.8, 4) is 5.75 Å². The van der Waals surface area contributed by atoms with Crippen LogP contribution >= 0.6 is 0 Å². The molecule has 0 saturated carbocycles. The van der Waals surface area contributed by atoms with Gasteiger partial charge in [-0.2, -0.15) is 0 Å². The predicted octanol–water partition coefficient (Wildman–Crippen LogP) is 1.69. The van der Waals surface area contributed by atoms with Gasteiger partial charge in [0, 0.05) is 18.5 Å². The topological polar surface area (TPSA) is 101 Å². The number of pyridine rings is 1. The van der Waals surface area contributed by atoms with Crippen molar-refractivity contribution in [3.05, 3.63) is 48.8 Å². The van der Waals surface area contributed by atoms with E-state index >= 15 is 0 Å². The second-order valence-corrected chi connectivity index (χ2v) is 5.14. The minimum atomic E-state index is -1.22. The van der Waals surface area contributed by atoms with Crippen LogP contribution in [0.5, 0.6) is 5.75 Å². The van der Waals surface area contributed by atoms with Crippen LogP contribution in [0, 0.1) is 5.92 Å². The minimum Gasteiger partial charge on any atom is -0.497 e. The number of amides is 4. The molecule has 2 aromatic rings. The molecule has 1 N–H and O–H groups in total. The number of hydrogen-bond donors (Lipinski definition) is 1. The summed E-state index contributed by atoms with van der Waals surface area (Å²) < 4.78 is 5.10. The number of hydrogen-bond acceptors (Lipinski definition) is 6. The number of imide groups is 2. The number of carbonyl (C=O) groups excluding carboxylic acids is 3. The maximum Gasteiger partial charge on any atom is 0.335 e. The molecule has 0 radical (unpaired) electrons. The molecule has 1 atom stereocenters. The molecule has 3 rings (SSSR count). The van der Waals surface area contributed by atoms with E-state index in [-0.39, 0.29) is 0 Å². The first kappa shape index (κ1) is 16.3. The Kier molecular flexibility index (Phi) is 4.51. The third kappa shape index (κ3) is 3.37. The maximum absolute atomic E-state index is 12.7. The highest BCUT2D eigenvalue weighted by atomic mass is 16.5. The number of aromatic nitrogens is 1. The summed E-state index contributed by atoms with van der Waals surface area (Å²) in [6, 6.07) is 8.98. The molecule has 1 aliphatic heterocycles. The number of nitrogens with one attached hydrogen (secondary N) is 1. The molecule has 1 aliphatic rings. The molecule has 4 amide bonds. The normalized spacial score (nSPS) is 17.7. The molecule has 0 aliphatic carbocycles. The molecular formula is C17H14N4O4. The number of nitrogens with zero attached hydrogens (tertiary/aromatic N) is 3. The summed E-state index contributed by atoms with van der Waals surface area (Å²) in [6.07, 6.45) is 4.28. The Balaban J connectivity index is 1.90. The van der Waals surface area contributed by atoms with Gasteiger partial charge in [0.1, 0.15) is 5.75 Å². The zero-order valence-corrected chi connectivity index (χ0v) is 13.2. The molecule has 1 saturated heterocycles. The number of anilines is 1. The summed E-state index contributed by atoms with van der Waals surface area (Å²) in [7, 11) is 1.48. The lowest BCUT2D eigenvalue weighted by Gasteiger charge is -2.28. The SMILES string of the molecule is COc1cccc(N2C(=O)NC(=O)[C@@H](C=Nc3cccnc3)C2=O)c1. The highest BCUT2D eigenvalue weighted by Gasteiger charge is 2.40. The van der Waals surface area contributed by atoms with Crippen molar-refractivity contribution in [1.29, 1.82) is 0 Å². The number of rotatable bonds is 4. The molecule has 8 nitrogen and oxygen atoms in total. The van der Waals surface area contributed by atoms with Gasteiger partial charge < -0.3 is 4.74 Å². The first-order valence-corrected chi connectivity index (χ1v) is 7.37. The number of urea groups is 1. The Morgan fingerprint density at radius 1 is 1.24 bits per heavy atom. The lowest BCUT2D eigenvalue weighted by molar-refractivity contribution is -0.131. The van der Waals surface area contributed by atoms with Crippen LogP contribution in [0.3, 0.4) is 0 Å². The van der Waals surface area contributed by atoms with Crippen molar-refractivity contribution < 1.29 is 19.1 Å². The van der Waals surface area contributed by atoms with Crippen LogP contribution in [0.25, 0.3) is 0 Å². The Morgan fingerprint density at radius 2 is 2.08 bits per heavy atom. The monoisotopic (exact) mass is 338 g/mol. The van der Waals surface area contributed by atoms with Gasteiger partial charge in [0.25, 0.3) is 5.91 Å². The summed E-state index contributed by atoms with van der Waals surface area (Å²) in [5, 5.41) is 2.16. The molecule has 1 fully saturated rings. The zero-order valence-electron chi connectivity index (χ0n) is 13.2. The number of barbiturate groups is 1. The average molecular weight is 338 g/mol. The molecule has 0 spiro atoms. The number of carbonyl (C=O) groups is 3. The Morgan fingerprint density at radius 3 is 2.80 bits per heavy atom. The van der Waals surface area contributed by atoms with Crippen LogP contribution in [-0.4, -0.2) is 36.2 Å². The summed E-state index contributed by atoms with van der Waals surface area (Å²) in [4.78, 5) is 45.7.